The molecular weight excluding hydrogens is 462 g/mol. The highest BCUT2D eigenvalue weighted by Gasteiger charge is 2.41. The number of nitrogens with zero attached hydrogens (tertiary/aromatic N) is 3. The number of unbranched alkanes of at least 4 members (excludes halogenated alkanes) is 1. The number of aliphatic hydroxyl groups excluding tert-OH is 1. The van der Waals surface area contributed by atoms with Crippen molar-refractivity contribution in [2.45, 2.75) is 89.4 Å². The Morgan fingerprint density at radius 1 is 1.32 bits per heavy atom. The van der Waals surface area contributed by atoms with Gasteiger partial charge < -0.3 is 19.3 Å². The van der Waals surface area contributed by atoms with Crippen molar-refractivity contribution in [1.29, 1.82) is 0 Å². The highest BCUT2D eigenvalue weighted by atomic mass is 32.2. The number of pyridine rings is 1. The maximum atomic E-state index is 14.6. The Balaban J connectivity index is 2.60. The zero-order valence-electron chi connectivity index (χ0n) is 20.9. The van der Waals surface area contributed by atoms with Gasteiger partial charge in [-0.2, -0.15) is 4.31 Å². The minimum absolute atomic E-state index is 0.0873. The lowest BCUT2D eigenvalue weighted by Gasteiger charge is -2.27. The van der Waals surface area contributed by atoms with E-state index >= 15 is 0 Å². The quantitative estimate of drug-likeness (QED) is 0.403. The molecule has 1 aromatic rings. The van der Waals surface area contributed by atoms with Crippen LogP contribution in [0.15, 0.2) is 21.4 Å². The zero-order valence-corrected chi connectivity index (χ0v) is 21.7. The Morgan fingerprint density at radius 2 is 2.03 bits per heavy atom. The maximum Gasteiger partial charge on any atom is 0.443 e. The van der Waals surface area contributed by atoms with Crippen molar-refractivity contribution >= 4 is 22.0 Å². The SMILES string of the molecule is COC(=O)[C@@H]1CCCN1[S@@](=O)(=NC(=O)OC(C)(C)C)c1ccc(C)nc1O[C@H](C)CCCCO. The van der Waals surface area contributed by atoms with Crippen molar-refractivity contribution in [2.24, 2.45) is 4.36 Å². The number of methoxy groups -OCH3 is 1. The summed E-state index contributed by atoms with van der Waals surface area (Å²) < 4.78 is 36.3. The van der Waals surface area contributed by atoms with Crippen LogP contribution in [0, 0.1) is 6.92 Å². The second-order valence-electron chi connectivity index (χ2n) is 9.29. The molecule has 1 N–H and O–H groups in total. The van der Waals surface area contributed by atoms with E-state index in [1.165, 1.54) is 11.4 Å². The molecule has 0 unspecified atom stereocenters. The van der Waals surface area contributed by atoms with Gasteiger partial charge in [-0.1, -0.05) is 0 Å². The minimum atomic E-state index is -3.68. The Hall–Kier alpha value is -2.24. The standard InChI is InChI=1S/C23H37N3O7S/c1-16-12-13-19(20(24-16)32-17(2)10-7-8-15-27)34(30,25-22(29)33-23(3,4)5)26-14-9-11-18(26)21(28)31-6/h12-13,17-18,27H,7-11,14-15H2,1-6H3/t17-,18+,34+/m1/s1. The summed E-state index contributed by atoms with van der Waals surface area (Å²) in [6, 6.07) is 2.40. The molecule has 0 bridgehead atoms. The number of esters is 1. The number of carbonyl (C=O) groups excluding carboxylic acids is 2. The topological polar surface area (TPSA) is 128 Å². The molecule has 0 aromatic carbocycles. The summed E-state index contributed by atoms with van der Waals surface area (Å²) in [5.41, 5.74) is -0.217. The molecule has 2 rings (SSSR count). The van der Waals surface area contributed by atoms with Crippen LogP contribution < -0.4 is 4.74 Å². The Labute approximate surface area is 202 Å². The van der Waals surface area contributed by atoms with Gasteiger partial charge >= 0.3 is 12.1 Å². The molecule has 1 saturated heterocycles. The molecule has 2 heterocycles. The van der Waals surface area contributed by atoms with Crippen LogP contribution in [0.2, 0.25) is 0 Å². The molecule has 1 fully saturated rings. The molecular formula is C23H37N3O7S. The minimum Gasteiger partial charge on any atom is -0.474 e. The lowest BCUT2D eigenvalue weighted by molar-refractivity contribution is -0.144. The monoisotopic (exact) mass is 499 g/mol. The molecule has 34 heavy (non-hydrogen) atoms. The van der Waals surface area contributed by atoms with Crippen molar-refractivity contribution in [3.8, 4) is 5.88 Å². The second kappa shape index (κ2) is 11.9. The van der Waals surface area contributed by atoms with E-state index in [0.29, 0.717) is 31.4 Å². The molecule has 1 aromatic heterocycles. The Bertz CT molecular complexity index is 983. The third-order valence-electron chi connectivity index (χ3n) is 5.17. The average Bonchev–Trinajstić information content (AvgIpc) is 3.22. The molecule has 1 amide bonds. The highest BCUT2D eigenvalue weighted by molar-refractivity contribution is 7.91. The molecule has 0 aliphatic carbocycles. The van der Waals surface area contributed by atoms with Gasteiger partial charge in [0.15, 0.2) is 9.92 Å². The number of hydrogen-bond acceptors (Lipinski definition) is 8. The molecule has 1 aliphatic heterocycles. The van der Waals surface area contributed by atoms with Crippen molar-refractivity contribution in [1.82, 2.24) is 9.29 Å². The van der Waals surface area contributed by atoms with Gasteiger partial charge in [0.05, 0.1) is 13.2 Å². The smallest absolute Gasteiger partial charge is 0.443 e. The Kier molecular flexibility index (Phi) is 9.84. The van der Waals surface area contributed by atoms with Gasteiger partial charge in [0.2, 0.25) is 5.88 Å². The summed E-state index contributed by atoms with van der Waals surface area (Å²) in [6.45, 7) is 9.04. The van der Waals surface area contributed by atoms with E-state index < -0.39 is 33.6 Å². The van der Waals surface area contributed by atoms with Crippen LogP contribution in [0.1, 0.15) is 65.5 Å². The number of amides is 1. The third-order valence-corrected chi connectivity index (χ3v) is 7.52. The van der Waals surface area contributed by atoms with Crippen LogP contribution in [0.25, 0.3) is 0 Å². The second-order valence-corrected chi connectivity index (χ2v) is 11.4. The van der Waals surface area contributed by atoms with Gasteiger partial charge in [-0.25, -0.2) is 14.0 Å². The first kappa shape index (κ1) is 28.0. The van der Waals surface area contributed by atoms with Crippen molar-refractivity contribution < 1.29 is 33.1 Å². The van der Waals surface area contributed by atoms with Crippen LogP contribution in [0.4, 0.5) is 4.79 Å². The third kappa shape index (κ3) is 7.38. The van der Waals surface area contributed by atoms with E-state index in [4.69, 9.17) is 19.3 Å². The summed E-state index contributed by atoms with van der Waals surface area (Å²) in [5.74, 6) is -0.464. The van der Waals surface area contributed by atoms with Crippen LogP contribution in [0.3, 0.4) is 0 Å². The van der Waals surface area contributed by atoms with E-state index in [9.17, 15) is 13.8 Å². The first-order chi connectivity index (χ1) is 15.9. The van der Waals surface area contributed by atoms with Crippen molar-refractivity contribution in [3.63, 3.8) is 0 Å². The predicted molar refractivity (Wildman–Crippen MR) is 127 cm³/mol. The van der Waals surface area contributed by atoms with Gasteiger partial charge in [-0.3, -0.25) is 4.79 Å². The number of ether oxygens (including phenoxy) is 3. The van der Waals surface area contributed by atoms with Gasteiger partial charge in [-0.05, 0) is 78.9 Å². The normalized spacial score (nSPS) is 19.2. The average molecular weight is 500 g/mol. The van der Waals surface area contributed by atoms with E-state index in [0.717, 1.165) is 6.42 Å². The Morgan fingerprint density at radius 3 is 2.65 bits per heavy atom. The summed E-state index contributed by atoms with van der Waals surface area (Å²) in [6.07, 6.45) is 1.73. The molecule has 1 aliphatic rings. The van der Waals surface area contributed by atoms with E-state index in [2.05, 4.69) is 9.35 Å². The fourth-order valence-corrected chi connectivity index (χ4v) is 5.79. The largest absolute Gasteiger partial charge is 0.474 e. The molecule has 192 valence electrons. The summed E-state index contributed by atoms with van der Waals surface area (Å²) in [4.78, 5) is 29.7. The number of hydrogen-bond donors (Lipinski definition) is 1. The molecule has 3 atom stereocenters. The van der Waals surface area contributed by atoms with Crippen LogP contribution in [0.5, 0.6) is 5.88 Å². The van der Waals surface area contributed by atoms with Gasteiger partial charge in [0.1, 0.15) is 16.5 Å². The molecule has 0 spiro atoms. The summed E-state index contributed by atoms with van der Waals surface area (Å²) in [7, 11) is -2.42. The molecule has 0 radical (unpaired) electrons. The number of aliphatic hydroxyl groups is 1. The first-order valence-corrected chi connectivity index (χ1v) is 13.0. The predicted octanol–water partition coefficient (Wildman–Crippen LogP) is 3.63. The van der Waals surface area contributed by atoms with Crippen LogP contribution in [-0.4, -0.2) is 68.7 Å². The summed E-state index contributed by atoms with van der Waals surface area (Å²) in [5, 5.41) is 9.04. The number of rotatable bonds is 9. The fourth-order valence-electron chi connectivity index (χ4n) is 3.62. The number of aryl methyl sites for hydroxylation is 1. The molecule has 10 nitrogen and oxygen atoms in total. The van der Waals surface area contributed by atoms with Gasteiger partial charge in [0, 0.05) is 18.8 Å². The van der Waals surface area contributed by atoms with Gasteiger partial charge in [-0.15, -0.1) is 4.36 Å². The first-order valence-electron chi connectivity index (χ1n) is 11.5. The van der Waals surface area contributed by atoms with Crippen molar-refractivity contribution in [2.75, 3.05) is 20.3 Å². The van der Waals surface area contributed by atoms with E-state index in [1.54, 1.807) is 39.8 Å². The van der Waals surface area contributed by atoms with Gasteiger partial charge in [0.25, 0.3) is 0 Å². The molecule has 0 saturated carbocycles. The number of carbonyl (C=O) groups is 2. The van der Waals surface area contributed by atoms with E-state index in [-0.39, 0.29) is 30.0 Å². The van der Waals surface area contributed by atoms with Crippen LogP contribution >= 0.6 is 0 Å². The lowest BCUT2D eigenvalue weighted by atomic mass is 10.2. The van der Waals surface area contributed by atoms with Crippen LogP contribution in [-0.2, 0) is 24.2 Å². The maximum absolute atomic E-state index is 14.6. The molecule has 11 heteroatoms. The zero-order chi connectivity index (χ0) is 25.5. The van der Waals surface area contributed by atoms with Crippen molar-refractivity contribution in [3.05, 3.63) is 17.8 Å². The van der Waals surface area contributed by atoms with E-state index in [1.807, 2.05) is 6.92 Å². The lowest BCUT2D eigenvalue weighted by Crippen LogP contribution is -2.41. The highest BCUT2D eigenvalue weighted by Crippen LogP contribution is 2.34. The summed E-state index contributed by atoms with van der Waals surface area (Å²) >= 11 is 0. The number of aromatic nitrogens is 1. The fraction of sp³-hybridized carbons (Fsp3) is 0.696.